The molecule has 0 aromatic heterocycles. The average Bonchev–Trinajstić information content (AvgIpc) is 2.37. The Hall–Kier alpha value is -1.30. The van der Waals surface area contributed by atoms with Gasteiger partial charge in [0.1, 0.15) is 0 Å². The van der Waals surface area contributed by atoms with Crippen molar-refractivity contribution in [2.45, 2.75) is 52.6 Å². The summed E-state index contributed by atoms with van der Waals surface area (Å²) in [5, 5.41) is 2.97. The molecule has 0 spiro atoms. The number of carbonyl (C=O) groups excluding carboxylic acids is 2. The molecule has 0 aromatic carbocycles. The third-order valence-corrected chi connectivity index (χ3v) is 3.58. The average molecular weight is 285 g/mol. The molecule has 1 aliphatic heterocycles. The normalized spacial score (nSPS) is 18.6. The maximum absolute atomic E-state index is 12.0. The zero-order valence-corrected chi connectivity index (χ0v) is 12.9. The molecule has 0 bridgehead atoms. The Bertz CT molecular complexity index is 344. The van der Waals surface area contributed by atoms with Crippen molar-refractivity contribution in [3.63, 3.8) is 0 Å². The van der Waals surface area contributed by atoms with E-state index in [1.165, 1.54) is 0 Å². The van der Waals surface area contributed by atoms with Crippen LogP contribution in [0.3, 0.4) is 0 Å². The molecule has 0 radical (unpaired) electrons. The number of nitrogens with zero attached hydrogens (tertiary/aromatic N) is 1. The van der Waals surface area contributed by atoms with Gasteiger partial charge >= 0.3 is 6.09 Å². The van der Waals surface area contributed by atoms with Gasteiger partial charge in [0.05, 0.1) is 12.6 Å². The van der Waals surface area contributed by atoms with Crippen molar-refractivity contribution in [3.05, 3.63) is 0 Å². The number of likely N-dealkylation sites (tertiary alicyclic amines) is 1. The quantitative estimate of drug-likeness (QED) is 0.813. The lowest BCUT2D eigenvalue weighted by Gasteiger charge is -2.33. The van der Waals surface area contributed by atoms with Crippen LogP contribution < -0.4 is 11.1 Å². The van der Waals surface area contributed by atoms with Gasteiger partial charge in [0.2, 0.25) is 5.91 Å². The van der Waals surface area contributed by atoms with Crippen LogP contribution in [-0.4, -0.2) is 48.7 Å². The van der Waals surface area contributed by atoms with E-state index in [9.17, 15) is 9.59 Å². The van der Waals surface area contributed by atoms with Crippen molar-refractivity contribution in [2.24, 2.45) is 11.1 Å². The van der Waals surface area contributed by atoms with Crippen molar-refractivity contribution in [3.8, 4) is 0 Å². The molecular weight excluding hydrogens is 258 g/mol. The smallest absolute Gasteiger partial charge is 0.409 e. The van der Waals surface area contributed by atoms with E-state index in [2.05, 4.69) is 5.32 Å². The van der Waals surface area contributed by atoms with Crippen LogP contribution in [-0.2, 0) is 9.53 Å². The van der Waals surface area contributed by atoms with Crippen molar-refractivity contribution >= 4 is 12.0 Å². The van der Waals surface area contributed by atoms with Crippen molar-refractivity contribution in [1.82, 2.24) is 10.2 Å². The largest absolute Gasteiger partial charge is 0.450 e. The Balaban J connectivity index is 2.39. The lowest BCUT2D eigenvalue weighted by Crippen LogP contribution is -2.54. The lowest BCUT2D eigenvalue weighted by molar-refractivity contribution is -0.125. The first-order valence-electron chi connectivity index (χ1n) is 7.23. The minimum Gasteiger partial charge on any atom is -0.450 e. The van der Waals surface area contributed by atoms with Crippen LogP contribution in [0.15, 0.2) is 0 Å². The number of piperidine rings is 1. The second kappa shape index (κ2) is 6.92. The van der Waals surface area contributed by atoms with Gasteiger partial charge in [-0.15, -0.1) is 0 Å². The van der Waals surface area contributed by atoms with Gasteiger partial charge in [-0.25, -0.2) is 4.79 Å². The highest BCUT2D eigenvalue weighted by Crippen LogP contribution is 2.18. The van der Waals surface area contributed by atoms with Gasteiger partial charge in [-0.05, 0) is 25.2 Å². The van der Waals surface area contributed by atoms with Gasteiger partial charge in [-0.1, -0.05) is 20.8 Å². The van der Waals surface area contributed by atoms with Crippen LogP contribution in [0.25, 0.3) is 0 Å². The van der Waals surface area contributed by atoms with E-state index >= 15 is 0 Å². The Labute approximate surface area is 121 Å². The SMILES string of the molecule is CCOC(=O)N1CCC(NC(=O)C(N)C(C)(C)C)CC1. The molecule has 6 heteroatoms. The standard InChI is InChI=1S/C14H27N3O3/c1-5-20-13(19)17-8-6-10(7-9-17)16-12(18)11(15)14(2,3)4/h10-11H,5-9,15H2,1-4H3,(H,16,18). The second-order valence-corrected chi connectivity index (χ2v) is 6.31. The Morgan fingerprint density at radius 1 is 1.35 bits per heavy atom. The lowest BCUT2D eigenvalue weighted by atomic mass is 9.86. The Morgan fingerprint density at radius 2 is 1.90 bits per heavy atom. The van der Waals surface area contributed by atoms with Crippen LogP contribution in [0.4, 0.5) is 4.79 Å². The number of rotatable bonds is 3. The number of amides is 2. The van der Waals surface area contributed by atoms with Crippen molar-refractivity contribution in [1.29, 1.82) is 0 Å². The summed E-state index contributed by atoms with van der Waals surface area (Å²) < 4.78 is 4.96. The first-order valence-corrected chi connectivity index (χ1v) is 7.23. The summed E-state index contributed by atoms with van der Waals surface area (Å²) in [6.45, 7) is 9.22. The fraction of sp³-hybridized carbons (Fsp3) is 0.857. The van der Waals surface area contributed by atoms with E-state index < -0.39 is 6.04 Å². The van der Waals surface area contributed by atoms with E-state index in [-0.39, 0.29) is 23.5 Å². The van der Waals surface area contributed by atoms with E-state index in [0.29, 0.717) is 19.7 Å². The maximum Gasteiger partial charge on any atom is 0.409 e. The third-order valence-electron chi connectivity index (χ3n) is 3.58. The van der Waals surface area contributed by atoms with Gasteiger partial charge < -0.3 is 20.7 Å². The summed E-state index contributed by atoms with van der Waals surface area (Å²) >= 11 is 0. The first kappa shape index (κ1) is 16.8. The molecule has 1 rings (SSSR count). The molecule has 0 saturated carbocycles. The second-order valence-electron chi connectivity index (χ2n) is 6.31. The number of hydrogen-bond donors (Lipinski definition) is 2. The van der Waals surface area contributed by atoms with Crippen LogP contribution in [0.2, 0.25) is 0 Å². The van der Waals surface area contributed by atoms with E-state index in [1.807, 2.05) is 20.8 Å². The Kier molecular flexibility index (Phi) is 5.80. The number of carbonyl (C=O) groups is 2. The van der Waals surface area contributed by atoms with Crippen LogP contribution in [0, 0.1) is 5.41 Å². The molecule has 6 nitrogen and oxygen atoms in total. The van der Waals surface area contributed by atoms with Gasteiger partial charge in [-0.3, -0.25) is 4.79 Å². The zero-order chi connectivity index (χ0) is 15.3. The Morgan fingerprint density at radius 3 is 2.35 bits per heavy atom. The summed E-state index contributed by atoms with van der Waals surface area (Å²) in [7, 11) is 0. The molecule has 1 aliphatic rings. The van der Waals surface area contributed by atoms with Crippen LogP contribution in [0.1, 0.15) is 40.5 Å². The third kappa shape index (κ3) is 4.67. The predicted molar refractivity (Wildman–Crippen MR) is 77.2 cm³/mol. The summed E-state index contributed by atoms with van der Waals surface area (Å²) in [6, 6.07) is -0.438. The van der Waals surface area contributed by atoms with Crippen LogP contribution in [0.5, 0.6) is 0 Å². The van der Waals surface area contributed by atoms with Gasteiger partial charge in [0.15, 0.2) is 0 Å². The monoisotopic (exact) mass is 285 g/mol. The summed E-state index contributed by atoms with van der Waals surface area (Å²) in [4.78, 5) is 25.3. The molecule has 2 amide bonds. The van der Waals surface area contributed by atoms with Crippen LogP contribution >= 0.6 is 0 Å². The summed E-state index contributed by atoms with van der Waals surface area (Å²) in [5.74, 6) is -0.118. The maximum atomic E-state index is 12.0. The first-order chi connectivity index (χ1) is 9.25. The number of nitrogens with one attached hydrogen (secondary N) is 1. The molecular formula is C14H27N3O3. The van der Waals surface area contributed by atoms with Gasteiger partial charge in [-0.2, -0.15) is 0 Å². The summed E-state index contributed by atoms with van der Waals surface area (Å²) in [5.41, 5.74) is 5.68. The van der Waals surface area contributed by atoms with E-state index in [4.69, 9.17) is 10.5 Å². The topological polar surface area (TPSA) is 84.7 Å². The molecule has 1 atom stereocenters. The highest BCUT2D eigenvalue weighted by atomic mass is 16.6. The molecule has 3 N–H and O–H groups in total. The van der Waals surface area contributed by atoms with E-state index in [1.54, 1.807) is 11.8 Å². The van der Waals surface area contributed by atoms with Crippen molar-refractivity contribution < 1.29 is 14.3 Å². The molecule has 1 unspecified atom stereocenters. The highest BCUT2D eigenvalue weighted by Gasteiger charge is 2.30. The zero-order valence-electron chi connectivity index (χ0n) is 12.9. The van der Waals surface area contributed by atoms with Gasteiger partial charge in [0, 0.05) is 19.1 Å². The molecule has 1 heterocycles. The molecule has 20 heavy (non-hydrogen) atoms. The number of nitrogens with two attached hydrogens (primary N) is 1. The van der Waals surface area contributed by atoms with Crippen molar-refractivity contribution in [2.75, 3.05) is 19.7 Å². The molecule has 1 fully saturated rings. The van der Waals surface area contributed by atoms with E-state index in [0.717, 1.165) is 12.8 Å². The fourth-order valence-corrected chi connectivity index (χ4v) is 2.11. The summed E-state index contributed by atoms with van der Waals surface area (Å²) in [6.07, 6.45) is 1.20. The molecule has 0 aromatic rings. The molecule has 0 aliphatic carbocycles. The molecule has 1 saturated heterocycles. The molecule has 116 valence electrons. The minimum absolute atomic E-state index is 0.0848. The number of ether oxygens (including phenoxy) is 1. The van der Waals surface area contributed by atoms with Gasteiger partial charge in [0.25, 0.3) is 0 Å². The number of hydrogen-bond acceptors (Lipinski definition) is 4. The fourth-order valence-electron chi connectivity index (χ4n) is 2.11. The minimum atomic E-state index is -0.523. The predicted octanol–water partition coefficient (Wildman–Crippen LogP) is 1.10. The highest BCUT2D eigenvalue weighted by molar-refractivity contribution is 5.82.